The van der Waals surface area contributed by atoms with Crippen LogP contribution in [0.3, 0.4) is 0 Å². The molecular weight excluding hydrogens is 344 g/mol. The largest absolute Gasteiger partial charge is 0.332 e. The number of sulfonamides is 1. The summed E-state index contributed by atoms with van der Waals surface area (Å²) >= 11 is 6.06. The maximum Gasteiger partial charge on any atom is 0.244 e. The molecule has 0 spiro atoms. The molecule has 1 aliphatic rings. The average molecular weight is 366 g/mol. The first-order chi connectivity index (χ1) is 11.6. The molecule has 24 heavy (non-hydrogen) atoms. The van der Waals surface area contributed by atoms with E-state index in [0.29, 0.717) is 13.1 Å². The van der Waals surface area contributed by atoms with Crippen LogP contribution in [0.5, 0.6) is 0 Å². The second kappa shape index (κ2) is 7.66. The molecule has 1 N–H and O–H groups in total. The first kappa shape index (κ1) is 17.4. The van der Waals surface area contributed by atoms with Crippen LogP contribution < -0.4 is 4.90 Å². The van der Waals surface area contributed by atoms with Crippen molar-refractivity contribution in [3.05, 3.63) is 65.2 Å². The Hall–Kier alpha value is -1.40. The second-order valence-corrected chi connectivity index (χ2v) is 8.38. The molecule has 6 heteroatoms. The Kier molecular flexibility index (Phi) is 5.56. The number of hydrogen-bond acceptors (Lipinski definition) is 2. The monoisotopic (exact) mass is 365 g/mol. The molecule has 2 aromatic carbocycles. The molecule has 0 unspecified atom stereocenters. The first-order valence-electron chi connectivity index (χ1n) is 8.19. The van der Waals surface area contributed by atoms with Gasteiger partial charge in [0.05, 0.1) is 37.7 Å². The van der Waals surface area contributed by atoms with Gasteiger partial charge >= 0.3 is 0 Å². The van der Waals surface area contributed by atoms with Gasteiger partial charge in [-0.1, -0.05) is 54.1 Å². The molecular formula is C18H22ClN2O2S+. The van der Waals surface area contributed by atoms with Gasteiger partial charge in [-0.2, -0.15) is 4.31 Å². The molecule has 0 aromatic heterocycles. The van der Waals surface area contributed by atoms with E-state index in [9.17, 15) is 8.42 Å². The van der Waals surface area contributed by atoms with Gasteiger partial charge in [0.1, 0.15) is 4.90 Å². The van der Waals surface area contributed by atoms with Crippen LogP contribution >= 0.6 is 11.6 Å². The van der Waals surface area contributed by atoms with Crippen molar-refractivity contribution >= 4 is 21.6 Å². The number of quaternary nitrogens is 1. The minimum absolute atomic E-state index is 0.208. The standard InChI is InChI=1S/C18H21ClN2O2S/c19-17-8-4-5-9-18(17)24(22,23)21-14-12-20(13-15-21)11-10-16-6-2-1-3-7-16/h1-9H,10-15H2/p+1. The lowest BCUT2D eigenvalue weighted by Gasteiger charge is -2.31. The Morgan fingerprint density at radius 3 is 2.25 bits per heavy atom. The molecule has 1 saturated heterocycles. The smallest absolute Gasteiger partial charge is 0.244 e. The van der Waals surface area contributed by atoms with E-state index in [1.54, 1.807) is 28.6 Å². The van der Waals surface area contributed by atoms with Gasteiger partial charge in [0.15, 0.2) is 0 Å². The summed E-state index contributed by atoms with van der Waals surface area (Å²) in [5.41, 5.74) is 1.33. The fourth-order valence-corrected chi connectivity index (χ4v) is 4.99. The lowest BCUT2D eigenvalue weighted by Crippen LogP contribution is -3.15. The lowest BCUT2D eigenvalue weighted by atomic mass is 10.1. The summed E-state index contributed by atoms with van der Waals surface area (Å²) in [7, 11) is -3.50. The summed E-state index contributed by atoms with van der Waals surface area (Å²) in [6, 6.07) is 17.1. The second-order valence-electron chi connectivity index (χ2n) is 6.07. The Balaban J connectivity index is 1.58. The molecule has 0 amide bonds. The molecule has 0 saturated carbocycles. The summed E-state index contributed by atoms with van der Waals surface area (Å²) in [4.78, 5) is 1.66. The molecule has 1 fully saturated rings. The van der Waals surface area contributed by atoms with Gasteiger partial charge in [0, 0.05) is 6.42 Å². The van der Waals surface area contributed by atoms with Crippen LogP contribution in [0.25, 0.3) is 0 Å². The highest BCUT2D eigenvalue weighted by Crippen LogP contribution is 2.23. The van der Waals surface area contributed by atoms with Crippen LogP contribution in [0.2, 0.25) is 5.02 Å². The normalized spacial score (nSPS) is 17.0. The van der Waals surface area contributed by atoms with Crippen molar-refractivity contribution in [2.45, 2.75) is 11.3 Å². The van der Waals surface area contributed by atoms with Crippen LogP contribution in [0.1, 0.15) is 5.56 Å². The van der Waals surface area contributed by atoms with Crippen molar-refractivity contribution in [3.8, 4) is 0 Å². The lowest BCUT2D eigenvalue weighted by molar-refractivity contribution is -0.903. The minimum Gasteiger partial charge on any atom is -0.332 e. The summed E-state index contributed by atoms with van der Waals surface area (Å²) in [6.45, 7) is 3.77. The summed E-state index contributed by atoms with van der Waals surface area (Å²) in [5.74, 6) is 0. The molecule has 4 nitrogen and oxygen atoms in total. The first-order valence-corrected chi connectivity index (χ1v) is 10.0. The molecule has 0 bridgehead atoms. The van der Waals surface area contributed by atoms with Crippen molar-refractivity contribution in [1.82, 2.24) is 4.31 Å². The average Bonchev–Trinajstić information content (AvgIpc) is 2.61. The van der Waals surface area contributed by atoms with E-state index >= 15 is 0 Å². The van der Waals surface area contributed by atoms with Crippen molar-refractivity contribution in [2.75, 3.05) is 32.7 Å². The Labute approximate surface area is 148 Å². The molecule has 0 atom stereocenters. The van der Waals surface area contributed by atoms with Crippen LogP contribution in [0.4, 0.5) is 0 Å². The maximum absolute atomic E-state index is 12.7. The third-order valence-electron chi connectivity index (χ3n) is 4.49. The SMILES string of the molecule is O=S(=O)(c1ccccc1Cl)N1CC[NH+](CCc2ccccc2)CC1. The predicted octanol–water partition coefficient (Wildman–Crippen LogP) is 1.47. The maximum atomic E-state index is 12.7. The van der Waals surface area contributed by atoms with E-state index in [1.807, 2.05) is 6.07 Å². The predicted molar refractivity (Wildman–Crippen MR) is 95.9 cm³/mol. The van der Waals surface area contributed by atoms with E-state index in [4.69, 9.17) is 11.6 Å². The van der Waals surface area contributed by atoms with Crippen molar-refractivity contribution in [1.29, 1.82) is 0 Å². The van der Waals surface area contributed by atoms with E-state index in [1.165, 1.54) is 10.5 Å². The van der Waals surface area contributed by atoms with Crippen molar-refractivity contribution < 1.29 is 13.3 Å². The van der Waals surface area contributed by atoms with Gasteiger partial charge in [0.2, 0.25) is 10.0 Å². The Morgan fingerprint density at radius 2 is 1.58 bits per heavy atom. The van der Waals surface area contributed by atoms with E-state index in [-0.39, 0.29) is 9.92 Å². The number of piperazine rings is 1. The quantitative estimate of drug-likeness (QED) is 0.871. The van der Waals surface area contributed by atoms with E-state index in [2.05, 4.69) is 24.3 Å². The third kappa shape index (κ3) is 3.98. The van der Waals surface area contributed by atoms with Gasteiger partial charge in [-0.15, -0.1) is 0 Å². The van der Waals surface area contributed by atoms with Crippen molar-refractivity contribution in [3.63, 3.8) is 0 Å². The molecule has 0 radical (unpaired) electrons. The number of rotatable bonds is 5. The zero-order valence-corrected chi connectivity index (χ0v) is 15.1. The highest BCUT2D eigenvalue weighted by molar-refractivity contribution is 7.89. The molecule has 0 aliphatic carbocycles. The van der Waals surface area contributed by atoms with Crippen LogP contribution in [-0.4, -0.2) is 45.4 Å². The highest BCUT2D eigenvalue weighted by atomic mass is 35.5. The number of benzene rings is 2. The van der Waals surface area contributed by atoms with Crippen LogP contribution in [0, 0.1) is 0 Å². The van der Waals surface area contributed by atoms with Gasteiger partial charge in [-0.3, -0.25) is 0 Å². The number of nitrogens with one attached hydrogen (secondary N) is 1. The molecule has 2 aromatic rings. The number of nitrogens with zero attached hydrogens (tertiary/aromatic N) is 1. The summed E-state index contributed by atoms with van der Waals surface area (Å²) in [5, 5.41) is 0.288. The van der Waals surface area contributed by atoms with Gasteiger partial charge in [0.25, 0.3) is 0 Å². The Morgan fingerprint density at radius 1 is 0.958 bits per heavy atom. The zero-order valence-electron chi connectivity index (χ0n) is 13.5. The fraction of sp³-hybridized carbons (Fsp3) is 0.333. The number of hydrogen-bond donors (Lipinski definition) is 1. The number of halogens is 1. The third-order valence-corrected chi connectivity index (χ3v) is 6.89. The van der Waals surface area contributed by atoms with E-state index < -0.39 is 10.0 Å². The van der Waals surface area contributed by atoms with E-state index in [0.717, 1.165) is 26.1 Å². The van der Waals surface area contributed by atoms with Gasteiger partial charge < -0.3 is 4.90 Å². The fourth-order valence-electron chi connectivity index (χ4n) is 3.05. The van der Waals surface area contributed by atoms with Crippen molar-refractivity contribution in [2.24, 2.45) is 0 Å². The highest BCUT2D eigenvalue weighted by Gasteiger charge is 2.31. The van der Waals surface area contributed by atoms with Crippen LogP contribution in [0.15, 0.2) is 59.5 Å². The summed E-state index contributed by atoms with van der Waals surface area (Å²) in [6.07, 6.45) is 1.02. The molecule has 1 heterocycles. The van der Waals surface area contributed by atoms with Gasteiger partial charge in [-0.25, -0.2) is 8.42 Å². The molecule has 1 aliphatic heterocycles. The minimum atomic E-state index is -3.50. The Bertz CT molecular complexity index is 773. The zero-order chi connectivity index (χ0) is 17.0. The van der Waals surface area contributed by atoms with Gasteiger partial charge in [-0.05, 0) is 17.7 Å². The topological polar surface area (TPSA) is 41.8 Å². The molecule has 3 rings (SSSR count). The molecule has 128 valence electrons. The summed E-state index contributed by atoms with van der Waals surface area (Å²) < 4.78 is 27.0. The van der Waals surface area contributed by atoms with Crippen LogP contribution in [-0.2, 0) is 16.4 Å².